The van der Waals surface area contributed by atoms with Crippen LogP contribution in [-0.2, 0) is 11.2 Å². The Balaban J connectivity index is 1.67. The van der Waals surface area contributed by atoms with Crippen LogP contribution in [0.5, 0.6) is 0 Å². The molecule has 2 heterocycles. The minimum Gasteiger partial charge on any atom is -0.465 e. The van der Waals surface area contributed by atoms with Crippen molar-refractivity contribution in [2.24, 2.45) is 0 Å². The number of para-hydroxylation sites is 1. The highest BCUT2D eigenvalue weighted by Crippen LogP contribution is 2.33. The predicted molar refractivity (Wildman–Crippen MR) is 104 cm³/mol. The number of carbonyl (C=O) groups excluding carboxylic acids is 2. The van der Waals surface area contributed by atoms with Crippen molar-refractivity contribution in [3.63, 3.8) is 0 Å². The van der Waals surface area contributed by atoms with Crippen molar-refractivity contribution in [2.75, 3.05) is 19.0 Å². The molecule has 1 aliphatic heterocycles. The van der Waals surface area contributed by atoms with Gasteiger partial charge in [-0.25, -0.2) is 14.6 Å². The number of esters is 1. The first kappa shape index (κ1) is 17.8. The van der Waals surface area contributed by atoms with Crippen LogP contribution in [0.25, 0.3) is 0 Å². The molecule has 2 amide bonds. The van der Waals surface area contributed by atoms with Crippen LogP contribution in [0.2, 0.25) is 0 Å². The average Bonchev–Trinajstić information content (AvgIpc) is 3.22. The van der Waals surface area contributed by atoms with E-state index in [2.05, 4.69) is 15.3 Å². The van der Waals surface area contributed by atoms with Gasteiger partial charge in [0.1, 0.15) is 6.04 Å². The zero-order chi connectivity index (χ0) is 19.5. The first-order valence-corrected chi connectivity index (χ1v) is 9.01. The van der Waals surface area contributed by atoms with Crippen LogP contribution in [0.1, 0.15) is 33.4 Å². The van der Waals surface area contributed by atoms with Gasteiger partial charge in [0.2, 0.25) is 0 Å². The molecule has 0 bridgehead atoms. The first-order valence-electron chi connectivity index (χ1n) is 9.01. The van der Waals surface area contributed by atoms with Gasteiger partial charge in [0, 0.05) is 18.7 Å². The maximum absolute atomic E-state index is 13.2. The molecule has 7 nitrogen and oxygen atoms in total. The summed E-state index contributed by atoms with van der Waals surface area (Å²) >= 11 is 0. The van der Waals surface area contributed by atoms with E-state index in [0.29, 0.717) is 24.2 Å². The molecule has 1 aliphatic rings. The van der Waals surface area contributed by atoms with Crippen molar-refractivity contribution in [1.82, 2.24) is 14.9 Å². The fraction of sp³-hybridized carbons (Fsp3) is 0.190. The summed E-state index contributed by atoms with van der Waals surface area (Å²) in [5, 5.41) is 2.87. The number of imidazole rings is 1. The Hall–Kier alpha value is -3.61. The van der Waals surface area contributed by atoms with Crippen molar-refractivity contribution in [3.8, 4) is 0 Å². The summed E-state index contributed by atoms with van der Waals surface area (Å²) in [6, 6.07) is 16.0. The van der Waals surface area contributed by atoms with Gasteiger partial charge in [-0.3, -0.25) is 0 Å². The number of methoxy groups -OCH3 is 1. The Morgan fingerprint density at radius 2 is 1.89 bits per heavy atom. The minimum absolute atomic E-state index is 0.293. The fourth-order valence-electron chi connectivity index (χ4n) is 3.54. The number of nitrogens with one attached hydrogen (secondary N) is 2. The molecule has 0 saturated carbocycles. The number of hydrogen-bond acceptors (Lipinski definition) is 4. The Morgan fingerprint density at radius 3 is 2.68 bits per heavy atom. The number of benzene rings is 2. The molecule has 0 spiro atoms. The number of rotatable bonds is 3. The lowest BCUT2D eigenvalue weighted by Crippen LogP contribution is -2.43. The van der Waals surface area contributed by atoms with Gasteiger partial charge in [-0.1, -0.05) is 42.5 Å². The largest absolute Gasteiger partial charge is 0.465 e. The summed E-state index contributed by atoms with van der Waals surface area (Å²) in [4.78, 5) is 34.5. The van der Waals surface area contributed by atoms with Gasteiger partial charge >= 0.3 is 12.0 Å². The van der Waals surface area contributed by atoms with E-state index in [4.69, 9.17) is 4.74 Å². The number of aromatic amines is 1. The summed E-state index contributed by atoms with van der Waals surface area (Å²) in [5.41, 5.74) is 3.58. The van der Waals surface area contributed by atoms with Crippen LogP contribution in [0.4, 0.5) is 10.5 Å². The lowest BCUT2D eigenvalue weighted by atomic mass is 9.96. The number of ether oxygens (including phenoxy) is 1. The van der Waals surface area contributed by atoms with Gasteiger partial charge in [-0.2, -0.15) is 0 Å². The second-order valence-corrected chi connectivity index (χ2v) is 6.49. The van der Waals surface area contributed by atoms with Crippen molar-refractivity contribution < 1.29 is 14.3 Å². The van der Waals surface area contributed by atoms with Gasteiger partial charge in [-0.05, 0) is 17.7 Å². The van der Waals surface area contributed by atoms with E-state index in [1.165, 1.54) is 7.11 Å². The minimum atomic E-state index is -0.497. The number of fused-ring (bicyclic) bond motifs is 1. The third-order valence-electron chi connectivity index (χ3n) is 4.88. The molecule has 1 atom stereocenters. The monoisotopic (exact) mass is 376 g/mol. The number of carbonyl (C=O) groups is 2. The molecular formula is C21H20N4O3. The number of amides is 2. The summed E-state index contributed by atoms with van der Waals surface area (Å²) in [5.74, 6) is -0.497. The zero-order valence-corrected chi connectivity index (χ0v) is 15.4. The van der Waals surface area contributed by atoms with Crippen LogP contribution in [0.3, 0.4) is 0 Å². The molecule has 0 radical (unpaired) electrons. The normalized spacial score (nSPS) is 15.6. The van der Waals surface area contributed by atoms with Gasteiger partial charge in [-0.15, -0.1) is 0 Å². The third-order valence-corrected chi connectivity index (χ3v) is 4.88. The van der Waals surface area contributed by atoms with Crippen molar-refractivity contribution in [3.05, 3.63) is 83.4 Å². The lowest BCUT2D eigenvalue weighted by Gasteiger charge is -2.35. The standard InChI is InChI=1S/C21H20N4O3/c1-28-20(26)15-9-5-6-10-16(15)24-21(27)25-12-11-17-18(23-13-22-17)19(25)14-7-3-2-4-8-14/h2-10,13,19H,11-12H2,1H3,(H,22,23)(H,24,27). The molecule has 4 rings (SSSR count). The Labute approximate surface area is 162 Å². The van der Waals surface area contributed by atoms with Crippen LogP contribution in [-0.4, -0.2) is 40.5 Å². The maximum Gasteiger partial charge on any atom is 0.339 e. The molecule has 3 aromatic rings. The number of urea groups is 1. The van der Waals surface area contributed by atoms with Crippen molar-refractivity contribution in [2.45, 2.75) is 12.5 Å². The molecule has 7 heteroatoms. The topological polar surface area (TPSA) is 87.3 Å². The Morgan fingerprint density at radius 1 is 1.14 bits per heavy atom. The van der Waals surface area contributed by atoms with E-state index in [9.17, 15) is 9.59 Å². The smallest absolute Gasteiger partial charge is 0.339 e. The summed E-state index contributed by atoms with van der Waals surface area (Å²) in [6.07, 6.45) is 2.35. The first-order chi connectivity index (χ1) is 13.7. The second kappa shape index (κ2) is 7.56. The number of anilines is 1. The molecule has 0 fully saturated rings. The van der Waals surface area contributed by atoms with Crippen LogP contribution in [0, 0.1) is 0 Å². The van der Waals surface area contributed by atoms with E-state index < -0.39 is 5.97 Å². The summed E-state index contributed by atoms with van der Waals surface area (Å²) in [6.45, 7) is 0.529. The molecular weight excluding hydrogens is 356 g/mol. The molecule has 2 N–H and O–H groups in total. The highest BCUT2D eigenvalue weighted by molar-refractivity contribution is 6.01. The van der Waals surface area contributed by atoms with Gasteiger partial charge in [0.05, 0.1) is 30.4 Å². The molecule has 142 valence electrons. The highest BCUT2D eigenvalue weighted by Gasteiger charge is 2.34. The van der Waals surface area contributed by atoms with E-state index in [-0.39, 0.29) is 12.1 Å². The van der Waals surface area contributed by atoms with E-state index in [1.807, 2.05) is 30.3 Å². The Kier molecular flexibility index (Phi) is 4.80. The second-order valence-electron chi connectivity index (χ2n) is 6.49. The SMILES string of the molecule is COC(=O)c1ccccc1NC(=O)N1CCc2[nH]cnc2C1c1ccccc1. The van der Waals surface area contributed by atoms with Crippen molar-refractivity contribution >= 4 is 17.7 Å². The van der Waals surface area contributed by atoms with Crippen LogP contribution >= 0.6 is 0 Å². The maximum atomic E-state index is 13.2. The Bertz CT molecular complexity index is 1000. The molecule has 1 aromatic heterocycles. The van der Waals surface area contributed by atoms with Gasteiger partial charge in [0.15, 0.2) is 0 Å². The zero-order valence-electron chi connectivity index (χ0n) is 15.4. The third kappa shape index (κ3) is 3.22. The fourth-order valence-corrected chi connectivity index (χ4v) is 3.54. The number of nitrogens with zero attached hydrogens (tertiary/aromatic N) is 2. The summed E-state index contributed by atoms with van der Waals surface area (Å²) < 4.78 is 4.81. The lowest BCUT2D eigenvalue weighted by molar-refractivity contribution is 0.0602. The van der Waals surface area contributed by atoms with Crippen molar-refractivity contribution in [1.29, 1.82) is 0 Å². The van der Waals surface area contributed by atoms with E-state index in [1.54, 1.807) is 35.5 Å². The van der Waals surface area contributed by atoms with Gasteiger partial charge < -0.3 is 19.9 Å². The molecule has 0 saturated heterocycles. The number of aromatic nitrogens is 2. The summed E-state index contributed by atoms with van der Waals surface area (Å²) in [7, 11) is 1.32. The number of H-pyrrole nitrogens is 1. The molecule has 28 heavy (non-hydrogen) atoms. The molecule has 0 aliphatic carbocycles. The molecule has 2 aromatic carbocycles. The van der Waals surface area contributed by atoms with E-state index >= 15 is 0 Å². The quantitative estimate of drug-likeness (QED) is 0.686. The average molecular weight is 376 g/mol. The van der Waals surface area contributed by atoms with Gasteiger partial charge in [0.25, 0.3) is 0 Å². The molecule has 1 unspecified atom stereocenters. The van der Waals surface area contributed by atoms with Crippen LogP contribution < -0.4 is 5.32 Å². The number of hydrogen-bond donors (Lipinski definition) is 2. The van der Waals surface area contributed by atoms with E-state index in [0.717, 1.165) is 17.0 Å². The van der Waals surface area contributed by atoms with Crippen LogP contribution in [0.15, 0.2) is 60.9 Å². The highest BCUT2D eigenvalue weighted by atomic mass is 16.5. The predicted octanol–water partition coefficient (Wildman–Crippen LogP) is 3.38.